The van der Waals surface area contributed by atoms with Gasteiger partial charge in [-0.1, -0.05) is 11.6 Å². The molecule has 0 spiro atoms. The van der Waals surface area contributed by atoms with Gasteiger partial charge in [0.15, 0.2) is 0 Å². The van der Waals surface area contributed by atoms with E-state index in [-0.39, 0.29) is 21.8 Å². The van der Waals surface area contributed by atoms with Crippen LogP contribution < -0.4 is 5.32 Å². The molecule has 1 amide bonds. The van der Waals surface area contributed by atoms with Gasteiger partial charge in [-0.2, -0.15) is 0 Å². The van der Waals surface area contributed by atoms with E-state index in [0.717, 1.165) is 18.2 Å². The van der Waals surface area contributed by atoms with Crippen LogP contribution in [0.3, 0.4) is 0 Å². The van der Waals surface area contributed by atoms with E-state index in [9.17, 15) is 19.1 Å². The number of aromatic carboxylic acids is 1. The van der Waals surface area contributed by atoms with Crippen molar-refractivity contribution in [3.8, 4) is 5.75 Å². The van der Waals surface area contributed by atoms with E-state index in [2.05, 4.69) is 5.32 Å². The molecule has 0 bridgehead atoms. The summed E-state index contributed by atoms with van der Waals surface area (Å²) in [6, 6.07) is 6.87. The molecule has 0 fully saturated rings. The highest BCUT2D eigenvalue weighted by Gasteiger charge is 2.14. The number of hydrogen-bond acceptors (Lipinski definition) is 3. The number of carboxylic acid groups (broad SMARTS) is 1. The lowest BCUT2D eigenvalue weighted by Gasteiger charge is -2.08. The standard InChI is InChI=1S/C14H9ClFNO4/c15-11-4-2-8(6-10(11)14(20)21)17-13(19)9-3-1-7(16)5-12(9)18/h1-6,18H,(H,17,19)(H,20,21). The van der Waals surface area contributed by atoms with Gasteiger partial charge in [-0.05, 0) is 30.3 Å². The predicted octanol–water partition coefficient (Wildman–Crippen LogP) is 3.14. The Balaban J connectivity index is 2.27. The SMILES string of the molecule is O=C(Nc1ccc(Cl)c(C(=O)O)c1)c1ccc(F)cc1O. The van der Waals surface area contributed by atoms with E-state index in [1.807, 2.05) is 0 Å². The second-order valence-corrected chi connectivity index (χ2v) is 4.52. The summed E-state index contributed by atoms with van der Waals surface area (Å²) in [4.78, 5) is 22.9. The van der Waals surface area contributed by atoms with Gasteiger partial charge in [-0.15, -0.1) is 0 Å². The smallest absolute Gasteiger partial charge is 0.337 e. The number of carbonyl (C=O) groups excluding carboxylic acids is 1. The van der Waals surface area contributed by atoms with E-state index in [1.165, 1.54) is 18.2 Å². The summed E-state index contributed by atoms with van der Waals surface area (Å²) in [6.45, 7) is 0. The number of phenolic OH excluding ortho intramolecular Hbond substituents is 1. The third-order valence-corrected chi connectivity index (χ3v) is 2.99. The molecule has 0 saturated carbocycles. The van der Waals surface area contributed by atoms with Crippen LogP contribution in [0.5, 0.6) is 5.75 Å². The first-order valence-corrected chi connectivity index (χ1v) is 6.09. The number of phenols is 1. The molecule has 2 aromatic carbocycles. The third-order valence-electron chi connectivity index (χ3n) is 2.66. The molecule has 0 aliphatic heterocycles. The van der Waals surface area contributed by atoms with Crippen molar-refractivity contribution in [2.45, 2.75) is 0 Å². The van der Waals surface area contributed by atoms with Crippen LogP contribution in [0.1, 0.15) is 20.7 Å². The average Bonchev–Trinajstić information content (AvgIpc) is 2.40. The molecule has 0 heterocycles. The maximum atomic E-state index is 12.9. The zero-order valence-electron chi connectivity index (χ0n) is 10.4. The number of halogens is 2. The number of rotatable bonds is 3. The number of hydrogen-bond donors (Lipinski definition) is 3. The maximum absolute atomic E-state index is 12.9. The van der Waals surface area contributed by atoms with Crippen LogP contribution in [0.2, 0.25) is 5.02 Å². The summed E-state index contributed by atoms with van der Waals surface area (Å²) in [5.74, 6) is -3.13. The summed E-state index contributed by atoms with van der Waals surface area (Å²) in [6.07, 6.45) is 0. The molecule has 0 aliphatic carbocycles. The minimum atomic E-state index is -1.24. The monoisotopic (exact) mass is 309 g/mol. The molecule has 3 N–H and O–H groups in total. The second-order valence-electron chi connectivity index (χ2n) is 4.12. The topological polar surface area (TPSA) is 86.6 Å². The lowest BCUT2D eigenvalue weighted by molar-refractivity contribution is 0.0696. The first-order valence-electron chi connectivity index (χ1n) is 5.71. The van der Waals surface area contributed by atoms with Gasteiger partial charge in [0, 0.05) is 11.8 Å². The van der Waals surface area contributed by atoms with Crippen molar-refractivity contribution in [3.05, 3.63) is 58.4 Å². The van der Waals surface area contributed by atoms with E-state index in [4.69, 9.17) is 16.7 Å². The van der Waals surface area contributed by atoms with Gasteiger partial charge >= 0.3 is 5.97 Å². The zero-order chi connectivity index (χ0) is 15.6. The lowest BCUT2D eigenvalue weighted by Crippen LogP contribution is -2.13. The molecule has 0 saturated heterocycles. The predicted molar refractivity (Wildman–Crippen MR) is 74.4 cm³/mol. The highest BCUT2D eigenvalue weighted by molar-refractivity contribution is 6.33. The first-order chi connectivity index (χ1) is 9.88. The van der Waals surface area contributed by atoms with Crippen molar-refractivity contribution in [2.24, 2.45) is 0 Å². The molecule has 7 heteroatoms. The van der Waals surface area contributed by atoms with Crippen LogP contribution >= 0.6 is 11.6 Å². The van der Waals surface area contributed by atoms with Gasteiger partial charge in [-0.3, -0.25) is 4.79 Å². The molecular formula is C14H9ClFNO4. The molecule has 2 rings (SSSR count). The Morgan fingerprint density at radius 3 is 2.43 bits per heavy atom. The van der Waals surface area contributed by atoms with E-state index < -0.39 is 23.4 Å². The fraction of sp³-hybridized carbons (Fsp3) is 0. The normalized spacial score (nSPS) is 10.2. The van der Waals surface area contributed by atoms with Crippen molar-refractivity contribution >= 4 is 29.2 Å². The Kier molecular flexibility index (Phi) is 4.09. The second kappa shape index (κ2) is 5.80. The largest absolute Gasteiger partial charge is 0.507 e. The van der Waals surface area contributed by atoms with Crippen molar-refractivity contribution in [2.75, 3.05) is 5.32 Å². The van der Waals surface area contributed by atoms with Gasteiger partial charge in [0.25, 0.3) is 5.91 Å². The van der Waals surface area contributed by atoms with Crippen LogP contribution in [0, 0.1) is 5.82 Å². The number of aromatic hydroxyl groups is 1. The molecule has 0 atom stereocenters. The summed E-state index contributed by atoms with van der Waals surface area (Å²) >= 11 is 5.71. The van der Waals surface area contributed by atoms with E-state index in [0.29, 0.717) is 0 Å². The van der Waals surface area contributed by atoms with Crippen molar-refractivity contribution < 1.29 is 24.2 Å². The summed E-state index contributed by atoms with van der Waals surface area (Å²) in [5, 5.41) is 20.9. The first kappa shape index (κ1) is 14.8. The molecule has 2 aromatic rings. The van der Waals surface area contributed by atoms with Crippen LogP contribution in [0.4, 0.5) is 10.1 Å². The Morgan fingerprint density at radius 2 is 1.81 bits per heavy atom. The Hall–Kier alpha value is -2.60. The van der Waals surface area contributed by atoms with Crippen molar-refractivity contribution in [3.63, 3.8) is 0 Å². The average molecular weight is 310 g/mol. The van der Waals surface area contributed by atoms with Gasteiger partial charge in [0.05, 0.1) is 16.1 Å². The van der Waals surface area contributed by atoms with Crippen molar-refractivity contribution in [1.82, 2.24) is 0 Å². The fourth-order valence-electron chi connectivity index (χ4n) is 1.66. The third kappa shape index (κ3) is 3.29. The summed E-state index contributed by atoms with van der Waals surface area (Å²) < 4.78 is 12.9. The van der Waals surface area contributed by atoms with Gasteiger partial charge in [0.2, 0.25) is 0 Å². The van der Waals surface area contributed by atoms with Gasteiger partial charge in [0.1, 0.15) is 11.6 Å². The molecule has 0 aromatic heterocycles. The number of anilines is 1. The van der Waals surface area contributed by atoms with Gasteiger partial charge in [-0.25, -0.2) is 9.18 Å². The number of amides is 1. The van der Waals surface area contributed by atoms with Crippen LogP contribution in [-0.2, 0) is 0 Å². The van der Waals surface area contributed by atoms with E-state index >= 15 is 0 Å². The maximum Gasteiger partial charge on any atom is 0.337 e. The van der Waals surface area contributed by atoms with Crippen LogP contribution in [0.15, 0.2) is 36.4 Å². The molecule has 5 nitrogen and oxygen atoms in total. The minimum absolute atomic E-state index is 0.0325. The number of benzene rings is 2. The van der Waals surface area contributed by atoms with Crippen molar-refractivity contribution in [1.29, 1.82) is 0 Å². The highest BCUT2D eigenvalue weighted by Crippen LogP contribution is 2.23. The van der Waals surface area contributed by atoms with Crippen LogP contribution in [-0.4, -0.2) is 22.1 Å². The number of nitrogens with one attached hydrogen (secondary N) is 1. The molecular weight excluding hydrogens is 301 g/mol. The lowest BCUT2D eigenvalue weighted by atomic mass is 10.1. The quantitative estimate of drug-likeness (QED) is 0.813. The molecule has 108 valence electrons. The highest BCUT2D eigenvalue weighted by atomic mass is 35.5. The van der Waals surface area contributed by atoms with E-state index in [1.54, 1.807) is 0 Å². The number of carbonyl (C=O) groups is 2. The Bertz CT molecular complexity index is 733. The summed E-state index contributed by atoms with van der Waals surface area (Å²) in [5.41, 5.74) is -0.119. The summed E-state index contributed by atoms with van der Waals surface area (Å²) in [7, 11) is 0. The number of carboxylic acids is 1. The molecule has 0 radical (unpaired) electrons. The Morgan fingerprint density at radius 1 is 1.10 bits per heavy atom. The van der Waals surface area contributed by atoms with Gasteiger partial charge < -0.3 is 15.5 Å². The molecule has 0 unspecified atom stereocenters. The molecule has 0 aliphatic rings. The zero-order valence-corrected chi connectivity index (χ0v) is 11.2. The minimum Gasteiger partial charge on any atom is -0.507 e. The Labute approximate surface area is 123 Å². The molecule has 21 heavy (non-hydrogen) atoms. The van der Waals surface area contributed by atoms with Crippen LogP contribution in [0.25, 0.3) is 0 Å². The fourth-order valence-corrected chi connectivity index (χ4v) is 1.86.